The van der Waals surface area contributed by atoms with Gasteiger partial charge in [0.2, 0.25) is 10.0 Å². The minimum Gasteiger partial charge on any atom is -0.341 e. The van der Waals surface area contributed by atoms with E-state index >= 15 is 0 Å². The van der Waals surface area contributed by atoms with Gasteiger partial charge in [0.25, 0.3) is 0 Å². The molecule has 0 bridgehead atoms. The second kappa shape index (κ2) is 8.12. The zero-order chi connectivity index (χ0) is 20.3. The van der Waals surface area contributed by atoms with Gasteiger partial charge >= 0.3 is 11.8 Å². The van der Waals surface area contributed by atoms with Crippen molar-refractivity contribution in [1.82, 2.24) is 5.32 Å². The van der Waals surface area contributed by atoms with E-state index in [4.69, 9.17) is 5.14 Å². The van der Waals surface area contributed by atoms with Crippen LogP contribution in [0, 0.1) is 0 Å². The fraction of sp³-hybridized carbons (Fsp3) is 0.300. The number of carbonyl (C=O) groups excluding carboxylic acids is 2. The summed E-state index contributed by atoms with van der Waals surface area (Å²) in [6.07, 6.45) is 4.50. The van der Waals surface area contributed by atoms with Crippen molar-refractivity contribution in [3.63, 3.8) is 0 Å². The van der Waals surface area contributed by atoms with Crippen LogP contribution in [-0.2, 0) is 32.5 Å². The van der Waals surface area contributed by atoms with Crippen LogP contribution in [0.25, 0.3) is 0 Å². The van der Waals surface area contributed by atoms with E-state index in [0.29, 0.717) is 5.69 Å². The molecule has 28 heavy (non-hydrogen) atoms. The van der Waals surface area contributed by atoms with Crippen LogP contribution in [0.3, 0.4) is 0 Å². The van der Waals surface area contributed by atoms with E-state index in [9.17, 15) is 18.0 Å². The Morgan fingerprint density at radius 3 is 2.25 bits per heavy atom. The van der Waals surface area contributed by atoms with Crippen molar-refractivity contribution in [2.24, 2.45) is 5.14 Å². The largest absolute Gasteiger partial charge is 0.341 e. The number of aryl methyl sites for hydroxylation is 2. The summed E-state index contributed by atoms with van der Waals surface area (Å²) in [5, 5.41) is 10.2. The lowest BCUT2D eigenvalue weighted by atomic mass is 9.89. The number of anilines is 1. The van der Waals surface area contributed by atoms with E-state index in [1.54, 1.807) is 0 Å². The van der Waals surface area contributed by atoms with E-state index in [-0.39, 0.29) is 10.9 Å². The summed E-state index contributed by atoms with van der Waals surface area (Å²) >= 11 is 0. The average molecular weight is 401 g/mol. The summed E-state index contributed by atoms with van der Waals surface area (Å²) in [6, 6.07) is 11.1. The van der Waals surface area contributed by atoms with Crippen molar-refractivity contribution in [3.05, 3.63) is 59.2 Å². The highest BCUT2D eigenvalue weighted by molar-refractivity contribution is 7.89. The number of carbonyl (C=O) groups is 2. The molecular weight excluding hydrogens is 378 g/mol. The Kier molecular flexibility index (Phi) is 5.81. The minimum atomic E-state index is -3.81. The Labute approximate surface area is 164 Å². The molecule has 0 heterocycles. The van der Waals surface area contributed by atoms with Gasteiger partial charge in [-0.05, 0) is 73.6 Å². The van der Waals surface area contributed by atoms with Crippen molar-refractivity contribution in [2.75, 3.05) is 5.32 Å². The molecule has 0 saturated heterocycles. The number of nitrogens with one attached hydrogen (secondary N) is 2. The van der Waals surface area contributed by atoms with Gasteiger partial charge in [-0.2, -0.15) is 0 Å². The average Bonchev–Trinajstić information content (AvgIpc) is 2.67. The van der Waals surface area contributed by atoms with Gasteiger partial charge in [0.05, 0.1) is 10.9 Å². The maximum absolute atomic E-state index is 12.2. The lowest BCUT2D eigenvalue weighted by Crippen LogP contribution is -2.37. The zero-order valence-corrected chi connectivity index (χ0v) is 16.4. The molecule has 1 aliphatic carbocycles. The molecule has 1 atom stereocenters. The fourth-order valence-electron chi connectivity index (χ4n) is 3.28. The maximum Gasteiger partial charge on any atom is 0.313 e. The molecule has 148 valence electrons. The molecule has 0 spiro atoms. The van der Waals surface area contributed by atoms with Crippen molar-refractivity contribution in [1.29, 1.82) is 0 Å². The Balaban J connectivity index is 1.61. The first-order valence-corrected chi connectivity index (χ1v) is 10.6. The van der Waals surface area contributed by atoms with E-state index in [2.05, 4.69) is 22.8 Å². The van der Waals surface area contributed by atoms with Crippen molar-refractivity contribution in [3.8, 4) is 0 Å². The summed E-state index contributed by atoms with van der Waals surface area (Å²) in [5.41, 5.74) is 3.92. The molecule has 1 unspecified atom stereocenters. The summed E-state index contributed by atoms with van der Waals surface area (Å²) in [6.45, 7) is 1.83. The number of sulfonamides is 1. The SMILES string of the molecule is CC(NC(=O)C(=O)Nc1ccc(S(N)(=O)=O)cc1)c1ccc2c(c1)CCCC2. The van der Waals surface area contributed by atoms with Gasteiger partial charge in [-0.1, -0.05) is 18.2 Å². The summed E-state index contributed by atoms with van der Waals surface area (Å²) < 4.78 is 22.5. The highest BCUT2D eigenvalue weighted by Crippen LogP contribution is 2.24. The van der Waals surface area contributed by atoms with Crippen LogP contribution in [0.2, 0.25) is 0 Å². The van der Waals surface area contributed by atoms with Crippen LogP contribution in [0.15, 0.2) is 47.4 Å². The number of rotatable bonds is 4. The first kappa shape index (κ1) is 20.0. The van der Waals surface area contributed by atoms with Gasteiger partial charge < -0.3 is 10.6 Å². The molecule has 0 aromatic heterocycles. The minimum absolute atomic E-state index is 0.0732. The highest BCUT2D eigenvalue weighted by Gasteiger charge is 2.19. The number of hydrogen-bond acceptors (Lipinski definition) is 4. The molecule has 2 amide bonds. The summed E-state index contributed by atoms with van der Waals surface area (Å²) in [5.74, 6) is -1.59. The van der Waals surface area contributed by atoms with Crippen LogP contribution < -0.4 is 15.8 Å². The molecule has 0 saturated carbocycles. The zero-order valence-electron chi connectivity index (χ0n) is 15.6. The third kappa shape index (κ3) is 4.76. The monoisotopic (exact) mass is 401 g/mol. The maximum atomic E-state index is 12.2. The molecule has 8 heteroatoms. The molecule has 1 aliphatic rings. The van der Waals surface area contributed by atoms with E-state index < -0.39 is 21.8 Å². The topological polar surface area (TPSA) is 118 Å². The number of primary sulfonamides is 1. The Bertz CT molecular complexity index is 1000. The molecule has 0 fully saturated rings. The Morgan fingerprint density at radius 2 is 1.61 bits per heavy atom. The molecule has 0 aliphatic heterocycles. The lowest BCUT2D eigenvalue weighted by molar-refractivity contribution is -0.136. The van der Waals surface area contributed by atoms with Crippen LogP contribution in [0.1, 0.15) is 42.5 Å². The van der Waals surface area contributed by atoms with E-state index in [1.807, 2.05) is 13.0 Å². The van der Waals surface area contributed by atoms with E-state index in [0.717, 1.165) is 18.4 Å². The molecule has 2 aromatic rings. The Hall–Kier alpha value is -2.71. The van der Waals surface area contributed by atoms with Gasteiger partial charge in [-0.15, -0.1) is 0 Å². The second-order valence-electron chi connectivity index (χ2n) is 6.95. The van der Waals surface area contributed by atoms with Crippen LogP contribution >= 0.6 is 0 Å². The van der Waals surface area contributed by atoms with Gasteiger partial charge in [0.15, 0.2) is 0 Å². The molecule has 0 radical (unpaired) electrons. The van der Waals surface area contributed by atoms with Gasteiger partial charge in [-0.25, -0.2) is 13.6 Å². The molecular formula is C20H23N3O4S. The first-order chi connectivity index (χ1) is 13.2. The number of hydrogen-bond donors (Lipinski definition) is 3. The van der Waals surface area contributed by atoms with Crippen molar-refractivity contribution < 1.29 is 18.0 Å². The van der Waals surface area contributed by atoms with Crippen molar-refractivity contribution >= 4 is 27.5 Å². The number of benzene rings is 2. The number of nitrogens with two attached hydrogens (primary N) is 1. The predicted molar refractivity (Wildman–Crippen MR) is 106 cm³/mol. The quantitative estimate of drug-likeness (QED) is 0.679. The molecule has 3 rings (SSSR count). The van der Waals surface area contributed by atoms with Gasteiger partial charge in [0.1, 0.15) is 0 Å². The summed E-state index contributed by atoms with van der Waals surface area (Å²) in [7, 11) is -3.81. The number of amides is 2. The van der Waals surface area contributed by atoms with Gasteiger partial charge in [0, 0.05) is 5.69 Å². The normalized spacial score (nSPS) is 14.6. The van der Waals surface area contributed by atoms with Crippen LogP contribution in [0.4, 0.5) is 5.69 Å². The standard InChI is InChI=1S/C20H23N3O4S/c1-13(15-7-6-14-4-2-3-5-16(14)12-15)22-19(24)20(25)23-17-8-10-18(11-9-17)28(21,26)27/h6-13H,2-5H2,1H3,(H,22,24)(H,23,25)(H2,21,26,27). The fourth-order valence-corrected chi connectivity index (χ4v) is 3.80. The molecule has 2 aromatic carbocycles. The highest BCUT2D eigenvalue weighted by atomic mass is 32.2. The van der Waals surface area contributed by atoms with Crippen LogP contribution in [-0.4, -0.2) is 20.2 Å². The third-order valence-corrected chi connectivity index (χ3v) is 5.80. The number of fused-ring (bicyclic) bond motifs is 1. The smallest absolute Gasteiger partial charge is 0.313 e. The van der Waals surface area contributed by atoms with E-state index in [1.165, 1.54) is 48.2 Å². The van der Waals surface area contributed by atoms with Gasteiger partial charge in [-0.3, -0.25) is 9.59 Å². The Morgan fingerprint density at radius 1 is 0.964 bits per heavy atom. The molecule has 7 nitrogen and oxygen atoms in total. The van der Waals surface area contributed by atoms with Crippen LogP contribution in [0.5, 0.6) is 0 Å². The predicted octanol–water partition coefficient (Wildman–Crippen LogP) is 2.03. The summed E-state index contributed by atoms with van der Waals surface area (Å²) in [4.78, 5) is 24.3. The van der Waals surface area contributed by atoms with Crippen molar-refractivity contribution in [2.45, 2.75) is 43.5 Å². The third-order valence-electron chi connectivity index (χ3n) is 4.87. The lowest BCUT2D eigenvalue weighted by Gasteiger charge is -2.20. The second-order valence-corrected chi connectivity index (χ2v) is 8.52. The molecule has 4 N–H and O–H groups in total. The first-order valence-electron chi connectivity index (χ1n) is 9.10.